The van der Waals surface area contributed by atoms with Crippen LogP contribution in [0.4, 0.5) is 4.39 Å². The highest BCUT2D eigenvalue weighted by molar-refractivity contribution is 14.0. The molecule has 10 heteroatoms. The molecule has 0 atom stereocenters. The molecule has 0 saturated heterocycles. The van der Waals surface area contributed by atoms with Crippen LogP contribution in [0.3, 0.4) is 0 Å². The summed E-state index contributed by atoms with van der Waals surface area (Å²) >= 11 is 0. The Morgan fingerprint density at radius 3 is 2.55 bits per heavy atom. The number of aliphatic imine (C=N–C) groups is 1. The van der Waals surface area contributed by atoms with Gasteiger partial charge in [0.25, 0.3) is 0 Å². The molecule has 29 heavy (non-hydrogen) atoms. The molecule has 0 aliphatic heterocycles. The Hall–Kier alpha value is -1.69. The molecule has 1 aromatic heterocycles. The van der Waals surface area contributed by atoms with Crippen molar-refractivity contribution in [3.63, 3.8) is 0 Å². The van der Waals surface area contributed by atoms with Crippen molar-refractivity contribution in [2.75, 3.05) is 19.8 Å². The Morgan fingerprint density at radius 2 is 1.97 bits per heavy atom. The lowest BCUT2D eigenvalue weighted by Crippen LogP contribution is -2.37. The number of aromatic nitrogens is 1. The molecule has 1 aromatic carbocycles. The van der Waals surface area contributed by atoms with Crippen molar-refractivity contribution in [3.8, 4) is 0 Å². The molecular formula is C19H28FIN4O3S. The van der Waals surface area contributed by atoms with Crippen molar-refractivity contribution in [3.05, 3.63) is 52.2 Å². The first kappa shape index (κ1) is 25.3. The van der Waals surface area contributed by atoms with Crippen LogP contribution in [0, 0.1) is 19.7 Å². The third-order valence-corrected chi connectivity index (χ3v) is 5.17. The van der Waals surface area contributed by atoms with Crippen LogP contribution in [0.1, 0.15) is 34.6 Å². The summed E-state index contributed by atoms with van der Waals surface area (Å²) in [6, 6.07) is 4.12. The molecular weight excluding hydrogens is 510 g/mol. The number of halogens is 2. The number of aryl methyl sites for hydroxylation is 2. The number of hydrogen-bond donors (Lipinski definition) is 2. The van der Waals surface area contributed by atoms with Crippen molar-refractivity contribution < 1.29 is 17.3 Å². The monoisotopic (exact) mass is 538 g/mol. The first-order valence-electron chi connectivity index (χ1n) is 9.01. The molecule has 0 amide bonds. The zero-order valence-corrected chi connectivity index (χ0v) is 20.2. The summed E-state index contributed by atoms with van der Waals surface area (Å²) in [7, 11) is -1.57. The molecule has 0 aliphatic rings. The van der Waals surface area contributed by atoms with Gasteiger partial charge in [-0.1, -0.05) is 11.2 Å². The zero-order valence-electron chi connectivity index (χ0n) is 17.1. The summed E-state index contributed by atoms with van der Waals surface area (Å²) in [5.74, 6) is 0.864. The second-order valence-corrected chi connectivity index (χ2v) is 8.88. The lowest BCUT2D eigenvalue weighted by atomic mass is 10.1. The SMILES string of the molecule is CN=C(NCCCc1c(C)noc1C)NCc1cc(F)ccc1CS(C)(=O)=O.I. The predicted octanol–water partition coefficient (Wildman–Crippen LogP) is 2.89. The van der Waals surface area contributed by atoms with Crippen molar-refractivity contribution in [1.82, 2.24) is 15.8 Å². The highest BCUT2D eigenvalue weighted by Crippen LogP contribution is 2.15. The van der Waals surface area contributed by atoms with E-state index in [4.69, 9.17) is 4.52 Å². The second-order valence-electron chi connectivity index (χ2n) is 6.74. The van der Waals surface area contributed by atoms with Crippen LogP contribution >= 0.6 is 24.0 Å². The highest BCUT2D eigenvalue weighted by Gasteiger charge is 2.12. The van der Waals surface area contributed by atoms with Gasteiger partial charge in [-0.3, -0.25) is 4.99 Å². The Kier molecular flexibility index (Phi) is 10.0. The number of sulfone groups is 1. The Morgan fingerprint density at radius 1 is 1.24 bits per heavy atom. The summed E-state index contributed by atoms with van der Waals surface area (Å²) in [5.41, 5.74) is 3.19. The normalized spacial score (nSPS) is 11.8. The third-order valence-electron chi connectivity index (χ3n) is 4.33. The van der Waals surface area contributed by atoms with Crippen molar-refractivity contribution in [2.24, 2.45) is 4.99 Å². The van der Waals surface area contributed by atoms with Gasteiger partial charge in [-0.2, -0.15) is 0 Å². The quantitative estimate of drug-likeness (QED) is 0.232. The van der Waals surface area contributed by atoms with Crippen molar-refractivity contribution >= 4 is 39.8 Å². The lowest BCUT2D eigenvalue weighted by Gasteiger charge is -2.14. The molecule has 0 aliphatic carbocycles. The van der Waals surface area contributed by atoms with Gasteiger partial charge in [0.15, 0.2) is 15.8 Å². The standard InChI is InChI=1S/C19H27FN4O3S.HI/c1-13-18(14(2)27-24-13)6-5-9-22-19(21-3)23-11-16-10-17(20)8-7-15(16)12-28(4,25)26;/h7-8,10H,5-6,9,11-12H2,1-4H3,(H2,21,22,23);1H. The average molecular weight is 538 g/mol. The number of benzene rings is 1. The smallest absolute Gasteiger partial charge is 0.191 e. The molecule has 0 unspecified atom stereocenters. The fraction of sp³-hybridized carbons (Fsp3) is 0.474. The van der Waals surface area contributed by atoms with Gasteiger partial charge in [0.1, 0.15) is 11.6 Å². The summed E-state index contributed by atoms with van der Waals surface area (Å²) in [5, 5.41) is 10.2. The van der Waals surface area contributed by atoms with Crippen LogP contribution in [-0.2, 0) is 28.6 Å². The van der Waals surface area contributed by atoms with E-state index in [2.05, 4.69) is 20.8 Å². The molecule has 7 nitrogen and oxygen atoms in total. The number of hydrogen-bond acceptors (Lipinski definition) is 5. The van der Waals surface area contributed by atoms with Gasteiger partial charge < -0.3 is 15.2 Å². The van der Waals surface area contributed by atoms with Gasteiger partial charge in [0.2, 0.25) is 0 Å². The van der Waals surface area contributed by atoms with E-state index in [1.807, 2.05) is 13.8 Å². The van der Waals surface area contributed by atoms with Crippen LogP contribution < -0.4 is 10.6 Å². The van der Waals surface area contributed by atoms with Crippen LogP contribution in [0.15, 0.2) is 27.7 Å². The van der Waals surface area contributed by atoms with Crippen LogP contribution in [-0.4, -0.2) is 39.4 Å². The van der Waals surface area contributed by atoms with Crippen LogP contribution in [0.25, 0.3) is 0 Å². The van der Waals surface area contributed by atoms with E-state index >= 15 is 0 Å². The van der Waals surface area contributed by atoms with E-state index in [1.165, 1.54) is 18.2 Å². The summed E-state index contributed by atoms with van der Waals surface area (Å²) in [4.78, 5) is 4.15. The first-order chi connectivity index (χ1) is 13.2. The number of nitrogens with zero attached hydrogens (tertiary/aromatic N) is 2. The highest BCUT2D eigenvalue weighted by atomic mass is 127. The Bertz CT molecular complexity index is 925. The first-order valence-corrected chi connectivity index (χ1v) is 11.1. The number of guanidine groups is 1. The maximum Gasteiger partial charge on any atom is 0.191 e. The van der Waals surface area contributed by atoms with E-state index in [1.54, 1.807) is 7.05 Å². The molecule has 0 spiro atoms. The summed E-state index contributed by atoms with van der Waals surface area (Å²) in [6.07, 6.45) is 2.86. The summed E-state index contributed by atoms with van der Waals surface area (Å²) in [6.45, 7) is 4.78. The average Bonchev–Trinajstić information content (AvgIpc) is 2.93. The van der Waals surface area contributed by atoms with Crippen LogP contribution in [0.5, 0.6) is 0 Å². The van der Waals surface area contributed by atoms with Gasteiger partial charge in [-0.05, 0) is 49.9 Å². The predicted molar refractivity (Wildman–Crippen MR) is 123 cm³/mol. The largest absolute Gasteiger partial charge is 0.361 e. The zero-order chi connectivity index (χ0) is 20.7. The number of rotatable bonds is 8. The molecule has 2 rings (SSSR count). The molecule has 2 N–H and O–H groups in total. The minimum atomic E-state index is -3.21. The van der Waals surface area contributed by atoms with E-state index < -0.39 is 15.7 Å². The van der Waals surface area contributed by atoms with Gasteiger partial charge in [0.05, 0.1) is 11.4 Å². The minimum absolute atomic E-state index is 0. The Labute approximate surface area is 188 Å². The molecule has 0 saturated carbocycles. The van der Waals surface area contributed by atoms with Crippen molar-refractivity contribution in [1.29, 1.82) is 0 Å². The van der Waals surface area contributed by atoms with Crippen LogP contribution in [0.2, 0.25) is 0 Å². The molecule has 162 valence electrons. The van der Waals surface area contributed by atoms with E-state index in [9.17, 15) is 12.8 Å². The van der Waals surface area contributed by atoms with E-state index in [-0.39, 0.29) is 36.3 Å². The molecule has 0 fully saturated rings. The molecule has 1 heterocycles. The maximum absolute atomic E-state index is 13.6. The van der Waals surface area contributed by atoms with Gasteiger partial charge in [-0.25, -0.2) is 12.8 Å². The third kappa shape index (κ3) is 8.29. The van der Waals surface area contributed by atoms with E-state index in [0.29, 0.717) is 23.6 Å². The molecule has 0 bridgehead atoms. The van der Waals surface area contributed by atoms with Gasteiger partial charge in [0, 0.05) is 32.0 Å². The molecule has 2 aromatic rings. The van der Waals surface area contributed by atoms with Crippen molar-refractivity contribution in [2.45, 2.75) is 39.0 Å². The fourth-order valence-electron chi connectivity index (χ4n) is 2.91. The second kappa shape index (κ2) is 11.5. The van der Waals surface area contributed by atoms with Gasteiger partial charge >= 0.3 is 0 Å². The summed E-state index contributed by atoms with van der Waals surface area (Å²) < 4.78 is 41.9. The maximum atomic E-state index is 13.6. The Balaban J connectivity index is 0.00000420. The topological polar surface area (TPSA) is 96.6 Å². The fourth-order valence-corrected chi connectivity index (χ4v) is 3.76. The molecule has 0 radical (unpaired) electrons. The van der Waals surface area contributed by atoms with E-state index in [0.717, 1.165) is 36.1 Å². The minimum Gasteiger partial charge on any atom is -0.361 e. The van der Waals surface area contributed by atoms with Gasteiger partial charge in [-0.15, -0.1) is 24.0 Å². The lowest BCUT2D eigenvalue weighted by molar-refractivity contribution is 0.392. The number of nitrogens with one attached hydrogen (secondary N) is 2.